The van der Waals surface area contributed by atoms with Crippen molar-refractivity contribution in [2.45, 2.75) is 51.0 Å². The van der Waals surface area contributed by atoms with Crippen LogP contribution in [-0.4, -0.2) is 23.0 Å². The van der Waals surface area contributed by atoms with Crippen LogP contribution in [-0.2, 0) is 11.2 Å². The lowest BCUT2D eigenvalue weighted by molar-refractivity contribution is -0.127. The molecule has 4 nitrogen and oxygen atoms in total. The number of amides is 1. The van der Waals surface area contributed by atoms with Crippen LogP contribution >= 0.6 is 35.1 Å². The van der Waals surface area contributed by atoms with Gasteiger partial charge in [0.05, 0.1) is 21.1 Å². The quantitative estimate of drug-likeness (QED) is 0.819. The highest BCUT2D eigenvalue weighted by Crippen LogP contribution is 2.29. The van der Waals surface area contributed by atoms with E-state index in [1.165, 1.54) is 16.2 Å². The number of nitrogens with one attached hydrogen (secondary N) is 1. The van der Waals surface area contributed by atoms with Gasteiger partial charge in [-0.2, -0.15) is 0 Å². The standard InChI is InChI=1S/C17H23N3OS2.ClH/c1-12-20-14(11-22-12)15-6-5-13(23-15)7-10-19-16(21)17(18)8-3-2-4-9-17;/h5-6,11H,2-4,7-10,18H2,1H3,(H,19,21);1H. The number of hydrogen-bond donors (Lipinski definition) is 2. The third kappa shape index (κ3) is 4.57. The summed E-state index contributed by atoms with van der Waals surface area (Å²) in [5.74, 6) is 0.0177. The molecule has 2 heterocycles. The Balaban J connectivity index is 0.00000208. The van der Waals surface area contributed by atoms with Gasteiger partial charge in [-0.3, -0.25) is 4.79 Å². The Labute approximate surface area is 157 Å². The summed E-state index contributed by atoms with van der Waals surface area (Å²) < 4.78 is 0. The molecule has 3 N–H and O–H groups in total. The van der Waals surface area contributed by atoms with Gasteiger partial charge in [-0.15, -0.1) is 35.1 Å². The smallest absolute Gasteiger partial charge is 0.240 e. The van der Waals surface area contributed by atoms with E-state index >= 15 is 0 Å². The Morgan fingerprint density at radius 3 is 2.75 bits per heavy atom. The minimum atomic E-state index is -0.642. The second-order valence-corrected chi connectivity index (χ2v) is 8.47. The first kappa shape index (κ1) is 19.4. The SMILES string of the molecule is Cc1nc(-c2ccc(CCNC(=O)C3(N)CCCCC3)s2)cs1.Cl. The summed E-state index contributed by atoms with van der Waals surface area (Å²) in [6.07, 6.45) is 5.78. The molecule has 0 atom stereocenters. The molecule has 7 heteroatoms. The van der Waals surface area contributed by atoms with Gasteiger partial charge in [-0.25, -0.2) is 4.98 Å². The van der Waals surface area contributed by atoms with Crippen molar-refractivity contribution in [1.82, 2.24) is 10.3 Å². The highest BCUT2D eigenvalue weighted by molar-refractivity contribution is 7.16. The number of halogens is 1. The zero-order valence-corrected chi connectivity index (χ0v) is 16.3. The average molecular weight is 386 g/mol. The van der Waals surface area contributed by atoms with Crippen LogP contribution in [0.2, 0.25) is 0 Å². The summed E-state index contributed by atoms with van der Waals surface area (Å²) in [6.45, 7) is 2.67. The maximum absolute atomic E-state index is 12.3. The van der Waals surface area contributed by atoms with Crippen molar-refractivity contribution in [3.05, 3.63) is 27.4 Å². The van der Waals surface area contributed by atoms with E-state index in [1.807, 2.05) is 6.92 Å². The van der Waals surface area contributed by atoms with Gasteiger partial charge in [-0.1, -0.05) is 19.3 Å². The number of carbonyl (C=O) groups excluding carboxylic acids is 1. The highest BCUT2D eigenvalue weighted by atomic mass is 35.5. The highest BCUT2D eigenvalue weighted by Gasteiger charge is 2.34. The van der Waals surface area contributed by atoms with Gasteiger partial charge < -0.3 is 11.1 Å². The molecule has 0 radical (unpaired) electrons. The fourth-order valence-corrected chi connectivity index (χ4v) is 4.67. The molecule has 0 aliphatic heterocycles. The van der Waals surface area contributed by atoms with E-state index in [2.05, 4.69) is 27.8 Å². The Morgan fingerprint density at radius 2 is 2.08 bits per heavy atom. The zero-order valence-electron chi connectivity index (χ0n) is 13.8. The first-order valence-corrected chi connectivity index (χ1v) is 9.85. The minimum absolute atomic E-state index is 0. The molecular weight excluding hydrogens is 362 g/mol. The largest absolute Gasteiger partial charge is 0.354 e. The predicted octanol–water partition coefficient (Wildman–Crippen LogP) is 3.92. The fraction of sp³-hybridized carbons (Fsp3) is 0.529. The van der Waals surface area contributed by atoms with Crippen LogP contribution in [0.3, 0.4) is 0 Å². The van der Waals surface area contributed by atoms with Gasteiger partial charge in [0.1, 0.15) is 0 Å². The van der Waals surface area contributed by atoms with Crippen LogP contribution in [0.5, 0.6) is 0 Å². The predicted molar refractivity (Wildman–Crippen MR) is 104 cm³/mol. The first-order valence-electron chi connectivity index (χ1n) is 8.15. The van der Waals surface area contributed by atoms with E-state index in [-0.39, 0.29) is 18.3 Å². The second-order valence-electron chi connectivity index (χ2n) is 6.24. The summed E-state index contributed by atoms with van der Waals surface area (Å²) >= 11 is 3.42. The summed E-state index contributed by atoms with van der Waals surface area (Å²) in [5, 5.41) is 6.20. The molecule has 0 unspecified atom stereocenters. The van der Waals surface area contributed by atoms with Crippen LogP contribution in [0.15, 0.2) is 17.5 Å². The molecule has 1 aliphatic carbocycles. The minimum Gasteiger partial charge on any atom is -0.354 e. The monoisotopic (exact) mass is 385 g/mol. The van der Waals surface area contributed by atoms with Gasteiger partial charge in [0, 0.05) is 16.8 Å². The molecule has 2 aromatic heterocycles. The molecular formula is C17H24ClN3OS2. The van der Waals surface area contributed by atoms with Crippen LogP contribution < -0.4 is 11.1 Å². The Bertz CT molecular complexity index is 677. The third-order valence-electron chi connectivity index (χ3n) is 4.39. The lowest BCUT2D eigenvalue weighted by atomic mass is 9.82. The van der Waals surface area contributed by atoms with E-state index in [9.17, 15) is 4.79 Å². The van der Waals surface area contributed by atoms with Crippen LogP contribution in [0.25, 0.3) is 10.6 Å². The lowest BCUT2D eigenvalue weighted by Gasteiger charge is -2.31. The molecule has 0 aromatic carbocycles. The number of aryl methyl sites for hydroxylation is 1. The third-order valence-corrected chi connectivity index (χ3v) is 6.33. The molecule has 24 heavy (non-hydrogen) atoms. The average Bonchev–Trinajstić information content (AvgIpc) is 3.17. The molecule has 1 fully saturated rings. The maximum atomic E-state index is 12.3. The van der Waals surface area contributed by atoms with E-state index in [4.69, 9.17) is 5.73 Å². The molecule has 1 amide bonds. The molecule has 3 rings (SSSR count). The van der Waals surface area contributed by atoms with Crippen LogP contribution in [0.1, 0.15) is 42.0 Å². The number of nitrogens with two attached hydrogens (primary N) is 1. The van der Waals surface area contributed by atoms with Crippen molar-refractivity contribution in [1.29, 1.82) is 0 Å². The van der Waals surface area contributed by atoms with Gasteiger partial charge >= 0.3 is 0 Å². The summed E-state index contributed by atoms with van der Waals surface area (Å²) in [6, 6.07) is 4.24. The number of thiophene rings is 1. The van der Waals surface area contributed by atoms with Gasteiger partial charge in [0.2, 0.25) is 5.91 Å². The van der Waals surface area contributed by atoms with Crippen molar-refractivity contribution in [2.24, 2.45) is 5.73 Å². The Morgan fingerprint density at radius 1 is 1.33 bits per heavy atom. The second kappa shape index (κ2) is 8.43. The summed E-state index contributed by atoms with van der Waals surface area (Å²) in [7, 11) is 0. The number of nitrogens with zero attached hydrogens (tertiary/aromatic N) is 1. The van der Waals surface area contributed by atoms with Crippen LogP contribution in [0, 0.1) is 6.92 Å². The molecule has 1 saturated carbocycles. The van der Waals surface area contributed by atoms with Crippen molar-refractivity contribution < 1.29 is 4.79 Å². The van der Waals surface area contributed by atoms with Crippen molar-refractivity contribution in [3.8, 4) is 10.6 Å². The number of hydrogen-bond acceptors (Lipinski definition) is 5. The Hall–Kier alpha value is -0.950. The molecule has 2 aromatic rings. The van der Waals surface area contributed by atoms with Crippen molar-refractivity contribution >= 4 is 41.0 Å². The molecule has 1 aliphatic rings. The van der Waals surface area contributed by atoms with Crippen LogP contribution in [0.4, 0.5) is 0 Å². The summed E-state index contributed by atoms with van der Waals surface area (Å²) in [4.78, 5) is 19.3. The number of thiazole rings is 1. The topological polar surface area (TPSA) is 68.0 Å². The molecule has 0 saturated heterocycles. The summed E-state index contributed by atoms with van der Waals surface area (Å²) in [5.41, 5.74) is 6.66. The number of carbonyl (C=O) groups is 1. The van der Waals surface area contributed by atoms with E-state index < -0.39 is 5.54 Å². The lowest BCUT2D eigenvalue weighted by Crippen LogP contribution is -2.55. The maximum Gasteiger partial charge on any atom is 0.240 e. The van der Waals surface area contributed by atoms with Crippen molar-refractivity contribution in [3.63, 3.8) is 0 Å². The van der Waals surface area contributed by atoms with E-state index in [0.29, 0.717) is 6.54 Å². The molecule has 0 spiro atoms. The number of rotatable bonds is 5. The molecule has 132 valence electrons. The fourth-order valence-electron chi connectivity index (χ4n) is 3.01. The van der Waals surface area contributed by atoms with E-state index in [1.54, 1.807) is 22.7 Å². The molecule has 0 bridgehead atoms. The Kier molecular flexibility index (Phi) is 6.80. The first-order chi connectivity index (χ1) is 11.1. The van der Waals surface area contributed by atoms with Gasteiger partial charge in [0.15, 0.2) is 0 Å². The van der Waals surface area contributed by atoms with Gasteiger partial charge in [-0.05, 0) is 38.3 Å². The van der Waals surface area contributed by atoms with E-state index in [0.717, 1.165) is 42.8 Å². The zero-order chi connectivity index (χ0) is 16.3. The normalized spacial score (nSPS) is 16.4. The van der Waals surface area contributed by atoms with Crippen molar-refractivity contribution in [2.75, 3.05) is 6.54 Å². The van der Waals surface area contributed by atoms with Gasteiger partial charge in [0.25, 0.3) is 0 Å². The number of aromatic nitrogens is 1.